The maximum Gasteiger partial charge on any atom is 0.250 e. The van der Waals surface area contributed by atoms with E-state index in [4.69, 9.17) is 4.74 Å². The van der Waals surface area contributed by atoms with E-state index >= 15 is 0 Å². The van der Waals surface area contributed by atoms with E-state index in [9.17, 15) is 23.9 Å². The maximum atomic E-state index is 12.9. The number of anilines is 1. The summed E-state index contributed by atoms with van der Waals surface area (Å²) in [5, 5.41) is 31.3. The monoisotopic (exact) mass is 565 g/mol. The Balaban J connectivity index is 1.32. The molecule has 2 aromatic carbocycles. The Morgan fingerprint density at radius 1 is 1.05 bits per heavy atom. The second kappa shape index (κ2) is 11.7. The lowest BCUT2D eigenvalue weighted by molar-refractivity contribution is -0.118. The minimum atomic E-state index is -4.11. The summed E-state index contributed by atoms with van der Waals surface area (Å²) in [6.45, 7) is 3.94. The number of sulfonamides is 1. The van der Waals surface area contributed by atoms with Crippen molar-refractivity contribution in [3.63, 3.8) is 0 Å². The van der Waals surface area contributed by atoms with Gasteiger partial charge in [0.05, 0.1) is 18.8 Å². The first-order chi connectivity index (χ1) is 19.1. The lowest BCUT2D eigenvalue weighted by Gasteiger charge is -2.34. The standard InChI is InChI=1S/C29H35N5O5S/c1-32-9-11-34(12-10-32)24-6-5-20-13-22(4-3-21(20)14-24)27-8-7-23(33(27)2)15-26(17-30)40(37,38)31-18-25-16-28(35)29(36)19-39-25/h3-8,13-15,25,28-29,31,35-36H,9-12,16,18-19H2,1-2H3/b26-15+/t25-,28-,29-/m0/s1. The summed E-state index contributed by atoms with van der Waals surface area (Å²) >= 11 is 0. The summed E-state index contributed by atoms with van der Waals surface area (Å²) in [5.41, 5.74) is 3.66. The summed E-state index contributed by atoms with van der Waals surface area (Å²) in [4.78, 5) is 4.32. The minimum Gasteiger partial charge on any atom is -0.390 e. The van der Waals surface area contributed by atoms with E-state index in [0.717, 1.165) is 48.2 Å². The summed E-state index contributed by atoms with van der Waals surface area (Å²) < 4.78 is 35.4. The van der Waals surface area contributed by atoms with Crippen molar-refractivity contribution >= 4 is 32.6 Å². The molecule has 2 aliphatic rings. The van der Waals surface area contributed by atoms with Gasteiger partial charge < -0.3 is 29.3 Å². The van der Waals surface area contributed by atoms with Crippen molar-refractivity contribution in [2.45, 2.75) is 24.7 Å². The summed E-state index contributed by atoms with van der Waals surface area (Å²) in [6.07, 6.45) is -1.13. The van der Waals surface area contributed by atoms with Crippen LogP contribution in [-0.4, -0.2) is 92.8 Å². The van der Waals surface area contributed by atoms with E-state index in [-0.39, 0.29) is 19.6 Å². The van der Waals surface area contributed by atoms with Crippen LogP contribution in [0.2, 0.25) is 0 Å². The van der Waals surface area contributed by atoms with Crippen molar-refractivity contribution < 1.29 is 23.4 Å². The number of aliphatic hydroxyl groups excluding tert-OH is 2. The molecular weight excluding hydrogens is 530 g/mol. The fraction of sp³-hybridized carbons (Fsp3) is 0.414. The van der Waals surface area contributed by atoms with Gasteiger partial charge >= 0.3 is 0 Å². The zero-order valence-corrected chi connectivity index (χ0v) is 23.5. The smallest absolute Gasteiger partial charge is 0.250 e. The number of nitrogens with zero attached hydrogens (tertiary/aromatic N) is 4. The number of nitrogens with one attached hydrogen (secondary N) is 1. The zero-order chi connectivity index (χ0) is 28.4. The fourth-order valence-corrected chi connectivity index (χ4v) is 6.14. The Kier molecular flexibility index (Phi) is 8.28. The van der Waals surface area contributed by atoms with Crippen molar-refractivity contribution in [2.24, 2.45) is 7.05 Å². The van der Waals surface area contributed by atoms with Crippen molar-refractivity contribution in [3.8, 4) is 17.3 Å². The highest BCUT2D eigenvalue weighted by Gasteiger charge is 2.30. The number of ether oxygens (including phenoxy) is 1. The largest absolute Gasteiger partial charge is 0.390 e. The number of likely N-dealkylation sites (N-methyl/N-ethyl adjacent to an activating group) is 1. The molecule has 2 saturated heterocycles. The summed E-state index contributed by atoms with van der Waals surface area (Å²) in [7, 11) is -0.132. The number of aromatic nitrogens is 1. The predicted octanol–water partition coefficient (Wildman–Crippen LogP) is 1.89. The van der Waals surface area contributed by atoms with E-state index in [2.05, 4.69) is 58.0 Å². The molecule has 0 radical (unpaired) electrons. The molecule has 2 fully saturated rings. The van der Waals surface area contributed by atoms with Gasteiger partial charge in [-0.15, -0.1) is 0 Å². The fourth-order valence-electron chi connectivity index (χ4n) is 5.18. The van der Waals surface area contributed by atoms with Crippen molar-refractivity contribution in [3.05, 3.63) is 59.1 Å². The van der Waals surface area contributed by atoms with Gasteiger partial charge in [0.2, 0.25) is 0 Å². The van der Waals surface area contributed by atoms with Crippen LogP contribution in [0.25, 0.3) is 28.1 Å². The predicted molar refractivity (Wildman–Crippen MR) is 155 cm³/mol. The van der Waals surface area contributed by atoms with Crippen LogP contribution >= 0.6 is 0 Å². The highest BCUT2D eigenvalue weighted by molar-refractivity contribution is 7.93. The van der Waals surface area contributed by atoms with E-state index in [1.165, 1.54) is 11.8 Å². The van der Waals surface area contributed by atoms with Gasteiger partial charge in [0.1, 0.15) is 12.2 Å². The molecule has 3 aromatic rings. The molecule has 3 heterocycles. The second-order valence-electron chi connectivity index (χ2n) is 10.5. The topological polar surface area (TPSA) is 131 Å². The summed E-state index contributed by atoms with van der Waals surface area (Å²) in [5.74, 6) is 0. The van der Waals surface area contributed by atoms with Crippen LogP contribution in [0.3, 0.4) is 0 Å². The molecular formula is C29H35N5O5S. The Bertz CT molecular complexity index is 1550. The molecule has 2 aliphatic heterocycles. The van der Waals surface area contributed by atoms with Crippen LogP contribution in [-0.2, 0) is 21.8 Å². The van der Waals surface area contributed by atoms with E-state index in [1.54, 1.807) is 12.1 Å². The number of aliphatic hydroxyl groups is 2. The molecule has 0 saturated carbocycles. The van der Waals surface area contributed by atoms with Gasteiger partial charge in [-0.1, -0.05) is 18.2 Å². The highest BCUT2D eigenvalue weighted by atomic mass is 32.2. The van der Waals surface area contributed by atoms with Crippen LogP contribution in [0.4, 0.5) is 5.69 Å². The van der Waals surface area contributed by atoms with Gasteiger partial charge in [-0.25, -0.2) is 13.1 Å². The molecule has 3 atom stereocenters. The second-order valence-corrected chi connectivity index (χ2v) is 12.3. The normalized spacial score (nSPS) is 22.9. The minimum absolute atomic E-state index is 0.0766. The number of rotatable bonds is 7. The average molecular weight is 566 g/mol. The number of nitriles is 1. The van der Waals surface area contributed by atoms with E-state index in [0.29, 0.717) is 5.69 Å². The molecule has 212 valence electrons. The van der Waals surface area contributed by atoms with Gasteiger partial charge in [-0.3, -0.25) is 0 Å². The van der Waals surface area contributed by atoms with E-state index in [1.807, 2.05) is 17.7 Å². The molecule has 5 rings (SSSR count). The lowest BCUT2D eigenvalue weighted by Crippen LogP contribution is -2.45. The molecule has 40 heavy (non-hydrogen) atoms. The van der Waals surface area contributed by atoms with Gasteiger partial charge in [-0.05, 0) is 59.8 Å². The van der Waals surface area contributed by atoms with Gasteiger partial charge in [0, 0.05) is 63.3 Å². The van der Waals surface area contributed by atoms with Crippen LogP contribution < -0.4 is 9.62 Å². The number of piperazine rings is 1. The Hall–Kier alpha value is -3.24. The molecule has 0 aliphatic carbocycles. The maximum absolute atomic E-state index is 12.9. The van der Waals surface area contributed by atoms with E-state index < -0.39 is 33.2 Å². The number of allylic oxidation sites excluding steroid dienone is 1. The third-order valence-electron chi connectivity index (χ3n) is 7.78. The first-order valence-corrected chi connectivity index (χ1v) is 14.9. The Labute approximate surface area is 234 Å². The van der Waals surface area contributed by atoms with Crippen molar-refractivity contribution in [1.82, 2.24) is 14.2 Å². The molecule has 0 amide bonds. The molecule has 0 spiro atoms. The van der Waals surface area contributed by atoms with Crippen molar-refractivity contribution in [1.29, 1.82) is 5.26 Å². The summed E-state index contributed by atoms with van der Waals surface area (Å²) in [6, 6.07) is 18.3. The highest BCUT2D eigenvalue weighted by Crippen LogP contribution is 2.29. The molecule has 1 aromatic heterocycles. The van der Waals surface area contributed by atoms with Gasteiger partial charge in [0.25, 0.3) is 10.0 Å². The molecule has 10 nitrogen and oxygen atoms in total. The SMILES string of the molecule is CN1CCN(c2ccc3cc(-c4ccc(/C=C(\C#N)S(=O)(=O)NC[C@@H]5C[C@H](O)[C@@H](O)CO5)n4C)ccc3c2)CC1. The first-order valence-electron chi connectivity index (χ1n) is 13.4. The third kappa shape index (κ3) is 6.07. The molecule has 11 heteroatoms. The average Bonchev–Trinajstić information content (AvgIpc) is 3.31. The van der Waals surface area contributed by atoms with Crippen molar-refractivity contribution in [2.75, 3.05) is 51.3 Å². The number of fused-ring (bicyclic) bond motifs is 1. The van der Waals surface area contributed by atoms with Gasteiger partial charge in [-0.2, -0.15) is 5.26 Å². The Morgan fingerprint density at radius 2 is 1.77 bits per heavy atom. The molecule has 0 bridgehead atoms. The number of benzene rings is 2. The van der Waals surface area contributed by atoms with Crippen LogP contribution in [0.5, 0.6) is 0 Å². The lowest BCUT2D eigenvalue weighted by atomic mass is 10.0. The van der Waals surface area contributed by atoms with Gasteiger partial charge in [0.15, 0.2) is 4.91 Å². The Morgan fingerprint density at radius 3 is 2.50 bits per heavy atom. The van der Waals surface area contributed by atoms with Crippen LogP contribution in [0.1, 0.15) is 12.1 Å². The quantitative estimate of drug-likeness (QED) is 0.370. The third-order valence-corrected chi connectivity index (χ3v) is 9.11. The zero-order valence-electron chi connectivity index (χ0n) is 22.7. The molecule has 3 N–H and O–H groups in total. The number of hydrogen-bond donors (Lipinski definition) is 3. The number of hydrogen-bond acceptors (Lipinski definition) is 8. The van der Waals surface area contributed by atoms with Crippen LogP contribution in [0, 0.1) is 11.3 Å². The first kappa shape index (κ1) is 28.3. The van der Waals surface area contributed by atoms with Crippen LogP contribution in [0.15, 0.2) is 53.4 Å². The molecule has 0 unspecified atom stereocenters.